The Morgan fingerprint density at radius 1 is 1.20 bits per heavy atom. The quantitative estimate of drug-likeness (QED) is 0.733. The zero-order chi connectivity index (χ0) is 17.8. The van der Waals surface area contributed by atoms with Crippen LogP contribution >= 0.6 is 0 Å². The molecule has 1 atom stereocenters. The molecule has 0 aliphatic heterocycles. The number of nitrogens with zero attached hydrogens (tertiary/aromatic N) is 2. The van der Waals surface area contributed by atoms with Crippen molar-refractivity contribution in [1.29, 1.82) is 0 Å². The first kappa shape index (κ1) is 16.8. The molecule has 0 fully saturated rings. The number of benzene rings is 2. The molecule has 25 heavy (non-hydrogen) atoms. The van der Waals surface area contributed by atoms with Crippen molar-refractivity contribution in [3.05, 3.63) is 77.6 Å². The molecule has 0 bridgehead atoms. The molecule has 0 spiro atoms. The number of aromatic nitrogens is 2. The molecule has 1 amide bonds. The lowest BCUT2D eigenvalue weighted by Crippen LogP contribution is -2.25. The molecule has 0 radical (unpaired) electrons. The second-order valence-electron chi connectivity index (χ2n) is 6.10. The number of nitrogens with one attached hydrogen (secondary N) is 1. The largest absolute Gasteiger partial charge is 0.465 e. The van der Waals surface area contributed by atoms with Gasteiger partial charge >= 0.3 is 6.09 Å². The zero-order valence-corrected chi connectivity index (χ0v) is 14.3. The maximum absolute atomic E-state index is 10.9. The Balaban J connectivity index is 1.86. The molecule has 2 N–H and O–H groups in total. The molecule has 1 aromatic heterocycles. The maximum atomic E-state index is 10.9. The summed E-state index contributed by atoms with van der Waals surface area (Å²) in [5.41, 5.74) is 5.31. The van der Waals surface area contributed by atoms with E-state index in [4.69, 9.17) is 5.11 Å². The molecule has 3 rings (SSSR count). The van der Waals surface area contributed by atoms with Crippen molar-refractivity contribution in [1.82, 2.24) is 15.1 Å². The minimum atomic E-state index is -1.02. The summed E-state index contributed by atoms with van der Waals surface area (Å²) in [5, 5.41) is 15.9. The highest BCUT2D eigenvalue weighted by atomic mass is 16.4. The lowest BCUT2D eigenvalue weighted by atomic mass is 9.95. The molecule has 0 aliphatic rings. The van der Waals surface area contributed by atoms with Gasteiger partial charge in [0.25, 0.3) is 0 Å². The first-order valence-electron chi connectivity index (χ1n) is 8.20. The SMILES string of the molecule is Cc1c(-c2cnn(Cc3ccccc3)c2)cccc1C(C)NC(=O)O. The molecule has 128 valence electrons. The third-order valence-electron chi connectivity index (χ3n) is 4.31. The summed E-state index contributed by atoms with van der Waals surface area (Å²) in [6.45, 7) is 4.58. The molecule has 0 saturated carbocycles. The van der Waals surface area contributed by atoms with E-state index in [1.165, 1.54) is 5.56 Å². The van der Waals surface area contributed by atoms with Crippen LogP contribution in [0.25, 0.3) is 11.1 Å². The number of carbonyl (C=O) groups is 1. The van der Waals surface area contributed by atoms with Crippen molar-refractivity contribution >= 4 is 6.09 Å². The van der Waals surface area contributed by atoms with E-state index in [0.717, 1.165) is 28.8 Å². The van der Waals surface area contributed by atoms with Crippen LogP contribution in [-0.4, -0.2) is 21.0 Å². The van der Waals surface area contributed by atoms with Crippen LogP contribution in [0.15, 0.2) is 60.9 Å². The van der Waals surface area contributed by atoms with Gasteiger partial charge in [0.1, 0.15) is 0 Å². The van der Waals surface area contributed by atoms with Crippen molar-refractivity contribution in [2.45, 2.75) is 26.4 Å². The van der Waals surface area contributed by atoms with Crippen LogP contribution in [0.4, 0.5) is 4.79 Å². The van der Waals surface area contributed by atoms with Gasteiger partial charge in [0.2, 0.25) is 0 Å². The van der Waals surface area contributed by atoms with Crippen molar-refractivity contribution in [2.75, 3.05) is 0 Å². The van der Waals surface area contributed by atoms with E-state index in [-0.39, 0.29) is 6.04 Å². The summed E-state index contributed by atoms with van der Waals surface area (Å²) in [4.78, 5) is 10.9. The zero-order valence-electron chi connectivity index (χ0n) is 14.3. The molecule has 2 aromatic carbocycles. The molecule has 5 heteroatoms. The lowest BCUT2D eigenvalue weighted by molar-refractivity contribution is 0.191. The van der Waals surface area contributed by atoms with E-state index < -0.39 is 6.09 Å². The third kappa shape index (κ3) is 3.88. The second-order valence-corrected chi connectivity index (χ2v) is 6.10. The molecule has 0 aliphatic carbocycles. The number of rotatable bonds is 5. The highest BCUT2D eigenvalue weighted by molar-refractivity contribution is 5.69. The summed E-state index contributed by atoms with van der Waals surface area (Å²) in [5.74, 6) is 0. The Morgan fingerprint density at radius 2 is 1.96 bits per heavy atom. The Kier molecular flexibility index (Phi) is 4.84. The average Bonchev–Trinajstić information content (AvgIpc) is 3.03. The highest BCUT2D eigenvalue weighted by Gasteiger charge is 2.14. The van der Waals surface area contributed by atoms with Gasteiger partial charge in [-0.2, -0.15) is 5.10 Å². The standard InChI is InChI=1S/C20H21N3O2/c1-14-18(15(2)22-20(24)25)9-6-10-19(14)17-11-21-23(13-17)12-16-7-4-3-5-8-16/h3-11,13,15,22H,12H2,1-2H3,(H,24,25). The summed E-state index contributed by atoms with van der Waals surface area (Å²) in [7, 11) is 0. The van der Waals surface area contributed by atoms with Gasteiger partial charge in [-0.3, -0.25) is 4.68 Å². The van der Waals surface area contributed by atoms with E-state index in [9.17, 15) is 4.79 Å². The Labute approximate surface area is 146 Å². The van der Waals surface area contributed by atoms with E-state index in [0.29, 0.717) is 0 Å². The predicted octanol–water partition coefficient (Wildman–Crippen LogP) is 4.24. The van der Waals surface area contributed by atoms with Crippen LogP contribution in [0.3, 0.4) is 0 Å². The molecular weight excluding hydrogens is 314 g/mol. The van der Waals surface area contributed by atoms with Gasteiger partial charge in [0.15, 0.2) is 0 Å². The van der Waals surface area contributed by atoms with Gasteiger partial charge in [0, 0.05) is 11.8 Å². The maximum Gasteiger partial charge on any atom is 0.405 e. The van der Waals surface area contributed by atoms with E-state index in [1.54, 1.807) is 0 Å². The molecule has 3 aromatic rings. The van der Waals surface area contributed by atoms with Crippen LogP contribution in [-0.2, 0) is 6.54 Å². The van der Waals surface area contributed by atoms with Crippen LogP contribution in [0.2, 0.25) is 0 Å². The third-order valence-corrected chi connectivity index (χ3v) is 4.31. The summed E-state index contributed by atoms with van der Waals surface area (Å²) in [6, 6.07) is 15.9. The van der Waals surface area contributed by atoms with Gasteiger partial charge in [-0.05, 0) is 36.1 Å². The molecule has 0 saturated heterocycles. The van der Waals surface area contributed by atoms with E-state index in [2.05, 4.69) is 22.5 Å². The number of hydrogen-bond donors (Lipinski definition) is 2. The number of amides is 1. The smallest absolute Gasteiger partial charge is 0.405 e. The van der Waals surface area contributed by atoms with Crippen molar-refractivity contribution < 1.29 is 9.90 Å². The van der Waals surface area contributed by atoms with Gasteiger partial charge in [0.05, 0.1) is 18.8 Å². The van der Waals surface area contributed by atoms with Crippen molar-refractivity contribution in [3.63, 3.8) is 0 Å². The van der Waals surface area contributed by atoms with Crippen molar-refractivity contribution in [3.8, 4) is 11.1 Å². The first-order chi connectivity index (χ1) is 12.0. The normalized spacial score (nSPS) is 11.9. The topological polar surface area (TPSA) is 67.2 Å². The van der Waals surface area contributed by atoms with Crippen LogP contribution in [0.1, 0.15) is 29.7 Å². The van der Waals surface area contributed by atoms with Gasteiger partial charge in [-0.25, -0.2) is 4.79 Å². The summed E-state index contributed by atoms with van der Waals surface area (Å²) in [6.07, 6.45) is 2.85. The minimum Gasteiger partial charge on any atom is -0.465 e. The van der Waals surface area contributed by atoms with E-state index in [1.807, 2.05) is 67.3 Å². The molecule has 5 nitrogen and oxygen atoms in total. The van der Waals surface area contributed by atoms with Gasteiger partial charge in [-0.1, -0.05) is 48.5 Å². The number of carboxylic acid groups (broad SMARTS) is 1. The Hall–Kier alpha value is -3.08. The predicted molar refractivity (Wildman–Crippen MR) is 97.5 cm³/mol. The Bertz CT molecular complexity index is 872. The second kappa shape index (κ2) is 7.21. The highest BCUT2D eigenvalue weighted by Crippen LogP contribution is 2.28. The fourth-order valence-electron chi connectivity index (χ4n) is 3.06. The fraction of sp³-hybridized carbons (Fsp3) is 0.200. The molecular formula is C20H21N3O2. The fourth-order valence-corrected chi connectivity index (χ4v) is 3.06. The summed E-state index contributed by atoms with van der Waals surface area (Å²) >= 11 is 0. The Morgan fingerprint density at radius 3 is 2.68 bits per heavy atom. The molecule has 1 unspecified atom stereocenters. The summed E-state index contributed by atoms with van der Waals surface area (Å²) < 4.78 is 1.91. The van der Waals surface area contributed by atoms with Crippen molar-refractivity contribution in [2.24, 2.45) is 0 Å². The monoisotopic (exact) mass is 335 g/mol. The van der Waals surface area contributed by atoms with Crippen LogP contribution < -0.4 is 5.32 Å². The average molecular weight is 335 g/mol. The van der Waals surface area contributed by atoms with Gasteiger partial charge < -0.3 is 10.4 Å². The first-order valence-corrected chi connectivity index (χ1v) is 8.20. The minimum absolute atomic E-state index is 0.267. The van der Waals surface area contributed by atoms with E-state index >= 15 is 0 Å². The van der Waals surface area contributed by atoms with Gasteiger partial charge in [-0.15, -0.1) is 0 Å². The lowest BCUT2D eigenvalue weighted by Gasteiger charge is -2.16. The molecule has 1 heterocycles. The number of hydrogen-bond acceptors (Lipinski definition) is 2. The van der Waals surface area contributed by atoms with Crippen LogP contribution in [0, 0.1) is 6.92 Å². The van der Waals surface area contributed by atoms with Crippen LogP contribution in [0.5, 0.6) is 0 Å².